The van der Waals surface area contributed by atoms with E-state index < -0.39 is 0 Å². The van der Waals surface area contributed by atoms with E-state index in [2.05, 4.69) is 4.90 Å². The van der Waals surface area contributed by atoms with Gasteiger partial charge in [-0.05, 0) is 38.0 Å². The van der Waals surface area contributed by atoms with Crippen molar-refractivity contribution in [2.45, 2.75) is 19.8 Å². The first-order valence-corrected chi connectivity index (χ1v) is 7.04. The van der Waals surface area contributed by atoms with E-state index in [1.165, 1.54) is 14.0 Å². The molecule has 1 aromatic rings. The highest BCUT2D eigenvalue weighted by molar-refractivity contribution is 6.34. The first-order chi connectivity index (χ1) is 9.52. The number of halogens is 1. The van der Waals surface area contributed by atoms with Crippen LogP contribution in [0.25, 0.3) is 0 Å². The number of carbonyl (C=O) groups is 2. The second-order valence-electron chi connectivity index (χ2n) is 5.00. The number of rotatable bonds is 3. The summed E-state index contributed by atoms with van der Waals surface area (Å²) in [5.41, 5.74) is 1.53. The van der Waals surface area contributed by atoms with E-state index >= 15 is 0 Å². The molecule has 4 nitrogen and oxygen atoms in total. The number of nitrogens with zero attached hydrogens (tertiary/aromatic N) is 1. The van der Waals surface area contributed by atoms with Crippen LogP contribution in [0.2, 0.25) is 5.02 Å². The zero-order valence-electron chi connectivity index (χ0n) is 11.7. The average Bonchev–Trinajstić information content (AvgIpc) is 2.46. The minimum absolute atomic E-state index is 0.0109. The van der Waals surface area contributed by atoms with Gasteiger partial charge in [-0.15, -0.1) is 0 Å². The number of esters is 1. The van der Waals surface area contributed by atoms with E-state index in [0.717, 1.165) is 31.6 Å². The molecule has 0 saturated carbocycles. The van der Waals surface area contributed by atoms with Crippen molar-refractivity contribution in [2.24, 2.45) is 5.92 Å². The van der Waals surface area contributed by atoms with Crippen molar-refractivity contribution < 1.29 is 14.3 Å². The maximum absolute atomic E-state index is 11.5. The first-order valence-electron chi connectivity index (χ1n) is 6.66. The van der Waals surface area contributed by atoms with Gasteiger partial charge in [0.05, 0.1) is 18.1 Å². The minimum atomic E-state index is -0.130. The Morgan fingerprint density at radius 2 is 1.95 bits per heavy atom. The van der Waals surface area contributed by atoms with Gasteiger partial charge >= 0.3 is 5.97 Å². The lowest BCUT2D eigenvalue weighted by Gasteiger charge is -2.32. The molecule has 0 radical (unpaired) electrons. The topological polar surface area (TPSA) is 46.6 Å². The molecule has 0 aromatic heterocycles. The van der Waals surface area contributed by atoms with E-state index in [4.69, 9.17) is 16.3 Å². The molecule has 1 aliphatic heterocycles. The summed E-state index contributed by atoms with van der Waals surface area (Å²) in [5, 5.41) is 0.477. The van der Waals surface area contributed by atoms with Crippen molar-refractivity contribution in [3.63, 3.8) is 0 Å². The lowest BCUT2D eigenvalue weighted by molar-refractivity contribution is -0.146. The molecule has 2 rings (SSSR count). The number of carbonyl (C=O) groups excluding carboxylic acids is 2. The normalized spacial score (nSPS) is 16.1. The number of Topliss-reactive ketones (excluding diaryl/α,β-unsaturated/α-hetero) is 1. The van der Waals surface area contributed by atoms with Crippen LogP contribution in [0.15, 0.2) is 18.2 Å². The second kappa shape index (κ2) is 6.27. The molecule has 20 heavy (non-hydrogen) atoms. The van der Waals surface area contributed by atoms with Gasteiger partial charge in [0.2, 0.25) is 0 Å². The van der Waals surface area contributed by atoms with E-state index in [9.17, 15) is 9.59 Å². The summed E-state index contributed by atoms with van der Waals surface area (Å²) in [6.07, 6.45) is 1.55. The van der Waals surface area contributed by atoms with Crippen molar-refractivity contribution in [1.82, 2.24) is 0 Å². The predicted octanol–water partition coefficient (Wildman–Crippen LogP) is 2.93. The van der Waals surface area contributed by atoms with E-state index in [1.54, 1.807) is 6.07 Å². The highest BCUT2D eigenvalue weighted by Crippen LogP contribution is 2.28. The maximum Gasteiger partial charge on any atom is 0.308 e. The van der Waals surface area contributed by atoms with Crippen molar-refractivity contribution in [3.05, 3.63) is 28.8 Å². The van der Waals surface area contributed by atoms with Gasteiger partial charge in [0, 0.05) is 24.3 Å². The van der Waals surface area contributed by atoms with Crippen LogP contribution >= 0.6 is 11.6 Å². The Hall–Kier alpha value is -1.55. The summed E-state index contributed by atoms with van der Waals surface area (Å²) in [6.45, 7) is 3.08. The van der Waals surface area contributed by atoms with Crippen LogP contribution in [-0.4, -0.2) is 32.0 Å². The Morgan fingerprint density at radius 1 is 1.30 bits per heavy atom. The standard InChI is InChI=1S/C15H18ClNO3/c1-10(18)13-4-3-12(9-14(13)16)17-7-5-11(6-8-17)15(19)20-2/h3-4,9,11H,5-8H2,1-2H3. The molecule has 0 unspecified atom stereocenters. The zero-order chi connectivity index (χ0) is 14.7. The smallest absolute Gasteiger partial charge is 0.308 e. The SMILES string of the molecule is COC(=O)C1CCN(c2ccc(C(C)=O)c(Cl)c2)CC1. The van der Waals surface area contributed by atoms with Gasteiger partial charge in [-0.3, -0.25) is 9.59 Å². The molecular weight excluding hydrogens is 278 g/mol. The Balaban J connectivity index is 2.06. The largest absolute Gasteiger partial charge is 0.469 e. The highest BCUT2D eigenvalue weighted by Gasteiger charge is 2.25. The number of anilines is 1. The Kier molecular flexibility index (Phi) is 4.65. The van der Waals surface area contributed by atoms with Crippen molar-refractivity contribution in [1.29, 1.82) is 0 Å². The molecule has 1 heterocycles. The Morgan fingerprint density at radius 3 is 2.45 bits per heavy atom. The fourth-order valence-corrected chi connectivity index (χ4v) is 2.83. The fraction of sp³-hybridized carbons (Fsp3) is 0.467. The van der Waals surface area contributed by atoms with E-state index in [-0.39, 0.29) is 17.7 Å². The first kappa shape index (κ1) is 14.9. The number of benzene rings is 1. The third kappa shape index (κ3) is 3.12. The molecule has 1 fully saturated rings. The van der Waals surface area contributed by atoms with E-state index in [1.807, 2.05) is 12.1 Å². The molecule has 0 spiro atoms. The van der Waals surface area contributed by atoms with Gasteiger partial charge < -0.3 is 9.64 Å². The van der Waals surface area contributed by atoms with Gasteiger partial charge in [-0.25, -0.2) is 0 Å². The second-order valence-corrected chi connectivity index (χ2v) is 5.41. The predicted molar refractivity (Wildman–Crippen MR) is 78.4 cm³/mol. The third-order valence-electron chi connectivity index (χ3n) is 3.73. The van der Waals surface area contributed by atoms with Crippen LogP contribution in [-0.2, 0) is 9.53 Å². The summed E-state index contributed by atoms with van der Waals surface area (Å²) in [6, 6.07) is 5.48. The van der Waals surface area contributed by atoms with Gasteiger partial charge in [-0.1, -0.05) is 11.6 Å². The summed E-state index contributed by atoms with van der Waals surface area (Å²) in [5.74, 6) is -0.177. The Bertz CT molecular complexity index is 522. The zero-order valence-corrected chi connectivity index (χ0v) is 12.4. The van der Waals surface area contributed by atoms with Crippen molar-refractivity contribution in [2.75, 3.05) is 25.1 Å². The van der Waals surface area contributed by atoms with Crippen LogP contribution in [0, 0.1) is 5.92 Å². The average molecular weight is 296 g/mol. The highest BCUT2D eigenvalue weighted by atomic mass is 35.5. The van der Waals surface area contributed by atoms with Crippen molar-refractivity contribution in [3.8, 4) is 0 Å². The molecule has 5 heteroatoms. The number of ether oxygens (including phenoxy) is 1. The summed E-state index contributed by atoms with van der Waals surface area (Å²) < 4.78 is 4.78. The number of ketones is 1. The van der Waals surface area contributed by atoms with Crippen LogP contribution in [0.1, 0.15) is 30.1 Å². The number of piperidine rings is 1. The third-order valence-corrected chi connectivity index (χ3v) is 4.04. The number of hydrogen-bond donors (Lipinski definition) is 0. The van der Waals surface area contributed by atoms with E-state index in [0.29, 0.717) is 10.6 Å². The van der Waals surface area contributed by atoms with Crippen LogP contribution < -0.4 is 4.90 Å². The van der Waals surface area contributed by atoms with Gasteiger partial charge in [0.15, 0.2) is 5.78 Å². The molecular formula is C15H18ClNO3. The number of methoxy groups -OCH3 is 1. The molecule has 0 bridgehead atoms. The summed E-state index contributed by atoms with van der Waals surface area (Å²) >= 11 is 6.12. The Labute approximate surface area is 123 Å². The lowest BCUT2D eigenvalue weighted by Crippen LogP contribution is -2.36. The summed E-state index contributed by atoms with van der Waals surface area (Å²) in [7, 11) is 1.43. The summed E-state index contributed by atoms with van der Waals surface area (Å²) in [4.78, 5) is 25.0. The number of hydrogen-bond acceptors (Lipinski definition) is 4. The molecule has 1 saturated heterocycles. The van der Waals surface area contributed by atoms with Crippen LogP contribution in [0.5, 0.6) is 0 Å². The molecule has 1 aliphatic rings. The van der Waals surface area contributed by atoms with Gasteiger partial charge in [-0.2, -0.15) is 0 Å². The fourth-order valence-electron chi connectivity index (χ4n) is 2.53. The molecule has 108 valence electrons. The molecule has 0 aliphatic carbocycles. The quantitative estimate of drug-likeness (QED) is 0.635. The van der Waals surface area contributed by atoms with Gasteiger partial charge in [0.1, 0.15) is 0 Å². The lowest BCUT2D eigenvalue weighted by atomic mass is 9.96. The molecule has 0 atom stereocenters. The minimum Gasteiger partial charge on any atom is -0.469 e. The van der Waals surface area contributed by atoms with Crippen LogP contribution in [0.3, 0.4) is 0 Å². The molecule has 1 aromatic carbocycles. The molecule has 0 N–H and O–H groups in total. The maximum atomic E-state index is 11.5. The molecule has 0 amide bonds. The monoisotopic (exact) mass is 295 g/mol. The van der Waals surface area contributed by atoms with Crippen LogP contribution in [0.4, 0.5) is 5.69 Å². The van der Waals surface area contributed by atoms with Crippen molar-refractivity contribution >= 4 is 29.0 Å². The van der Waals surface area contributed by atoms with Gasteiger partial charge in [0.25, 0.3) is 0 Å².